The van der Waals surface area contributed by atoms with Crippen LogP contribution in [0.15, 0.2) is 48.7 Å². The summed E-state index contributed by atoms with van der Waals surface area (Å²) in [7, 11) is 1.32. The van der Waals surface area contributed by atoms with E-state index in [0.717, 1.165) is 34.2 Å². The molecule has 1 aromatic heterocycles. The Hall–Kier alpha value is -3.27. The van der Waals surface area contributed by atoms with Crippen molar-refractivity contribution in [1.82, 2.24) is 4.57 Å². The van der Waals surface area contributed by atoms with Gasteiger partial charge in [-0.1, -0.05) is 12.1 Å². The molecule has 0 atom stereocenters. The van der Waals surface area contributed by atoms with Crippen LogP contribution in [-0.2, 0) is 30.3 Å². The number of benzene rings is 2. The van der Waals surface area contributed by atoms with E-state index in [1.807, 2.05) is 16.8 Å². The molecule has 0 bridgehead atoms. The number of alkyl halides is 3. The quantitative estimate of drug-likeness (QED) is 0.538. The molecule has 3 rings (SSSR count). The molecular weight excluding hydrogens is 381 g/mol. The third-order valence-electron chi connectivity index (χ3n) is 4.81. The standard InChI is InChI=1S/C22H19F3N2O2/c1-29-21(28)16-7-10-20-19(13-16)17(14-27(20)12-2-11-26)6-3-15-4-8-18(9-5-15)22(23,24)25/h4-5,7-10,13-14H,2-3,6,12H2,1H3. The number of aryl methyl sites for hydroxylation is 3. The molecule has 0 amide bonds. The first kappa shape index (κ1) is 20.5. The minimum atomic E-state index is -4.35. The molecule has 0 aliphatic rings. The van der Waals surface area contributed by atoms with E-state index in [2.05, 4.69) is 6.07 Å². The lowest BCUT2D eigenvalue weighted by Gasteiger charge is -2.07. The maximum Gasteiger partial charge on any atom is 0.416 e. The zero-order valence-corrected chi connectivity index (χ0v) is 15.8. The molecule has 29 heavy (non-hydrogen) atoms. The Morgan fingerprint density at radius 3 is 2.48 bits per heavy atom. The Morgan fingerprint density at radius 1 is 1.14 bits per heavy atom. The summed E-state index contributed by atoms with van der Waals surface area (Å²) in [4.78, 5) is 11.9. The molecule has 0 saturated carbocycles. The van der Waals surface area contributed by atoms with Crippen molar-refractivity contribution in [3.63, 3.8) is 0 Å². The molecule has 0 spiro atoms. The van der Waals surface area contributed by atoms with Gasteiger partial charge in [-0.3, -0.25) is 0 Å². The Bertz CT molecular complexity index is 1060. The molecule has 2 aromatic carbocycles. The van der Waals surface area contributed by atoms with Gasteiger partial charge in [0.05, 0.1) is 30.7 Å². The van der Waals surface area contributed by atoms with Gasteiger partial charge in [-0.15, -0.1) is 0 Å². The summed E-state index contributed by atoms with van der Waals surface area (Å²) in [6.45, 7) is 0.519. The van der Waals surface area contributed by atoms with Gasteiger partial charge in [0, 0.05) is 23.6 Å². The van der Waals surface area contributed by atoms with E-state index >= 15 is 0 Å². The Labute approximate surface area is 166 Å². The van der Waals surface area contributed by atoms with E-state index in [4.69, 9.17) is 10.00 Å². The number of methoxy groups -OCH3 is 1. The van der Waals surface area contributed by atoms with Crippen molar-refractivity contribution in [3.05, 3.63) is 70.9 Å². The van der Waals surface area contributed by atoms with Crippen LogP contribution in [0.1, 0.15) is 33.5 Å². The summed E-state index contributed by atoms with van der Waals surface area (Å²) in [6.07, 6.45) is -0.922. The van der Waals surface area contributed by atoms with Gasteiger partial charge in [0.25, 0.3) is 0 Å². The molecule has 0 fully saturated rings. The average molecular weight is 400 g/mol. The van der Waals surface area contributed by atoms with Crippen molar-refractivity contribution >= 4 is 16.9 Å². The fourth-order valence-electron chi connectivity index (χ4n) is 3.31. The van der Waals surface area contributed by atoms with E-state index in [0.29, 0.717) is 31.4 Å². The monoisotopic (exact) mass is 400 g/mol. The summed E-state index contributed by atoms with van der Waals surface area (Å²) in [5.74, 6) is -0.439. The number of hydrogen-bond donors (Lipinski definition) is 0. The molecular formula is C22H19F3N2O2. The second-order valence-corrected chi connectivity index (χ2v) is 6.67. The maximum atomic E-state index is 12.7. The third-order valence-corrected chi connectivity index (χ3v) is 4.81. The van der Waals surface area contributed by atoms with Gasteiger partial charge in [0.1, 0.15) is 0 Å². The highest BCUT2D eigenvalue weighted by atomic mass is 19.4. The van der Waals surface area contributed by atoms with Crippen LogP contribution < -0.4 is 0 Å². The van der Waals surface area contributed by atoms with Gasteiger partial charge in [-0.25, -0.2) is 4.79 Å². The number of hydrogen-bond acceptors (Lipinski definition) is 3. The predicted octanol–water partition coefficient (Wildman–Crippen LogP) is 5.15. The number of carbonyl (C=O) groups is 1. The third kappa shape index (κ3) is 4.60. The Kier molecular flexibility index (Phi) is 5.92. The molecule has 4 nitrogen and oxygen atoms in total. The summed E-state index contributed by atoms with van der Waals surface area (Å²) < 4.78 is 44.9. The summed E-state index contributed by atoms with van der Waals surface area (Å²) in [6, 6.07) is 12.5. The normalized spacial score (nSPS) is 11.4. The second kappa shape index (κ2) is 8.39. The number of nitrogens with zero attached hydrogens (tertiary/aromatic N) is 2. The topological polar surface area (TPSA) is 55.0 Å². The van der Waals surface area contributed by atoms with Crippen LogP contribution in [0.3, 0.4) is 0 Å². The van der Waals surface area contributed by atoms with E-state index < -0.39 is 17.7 Å². The molecule has 0 N–H and O–H groups in total. The number of fused-ring (bicyclic) bond motifs is 1. The lowest BCUT2D eigenvalue weighted by molar-refractivity contribution is -0.137. The molecule has 0 aliphatic heterocycles. The number of esters is 1. The minimum Gasteiger partial charge on any atom is -0.465 e. The highest BCUT2D eigenvalue weighted by Gasteiger charge is 2.29. The van der Waals surface area contributed by atoms with Crippen LogP contribution in [0.2, 0.25) is 0 Å². The zero-order chi connectivity index (χ0) is 21.0. The first-order valence-corrected chi connectivity index (χ1v) is 9.06. The van der Waals surface area contributed by atoms with Crippen LogP contribution in [0.5, 0.6) is 0 Å². The Morgan fingerprint density at radius 2 is 1.86 bits per heavy atom. The fraction of sp³-hybridized carbons (Fsp3) is 0.273. The summed E-state index contributed by atoms with van der Waals surface area (Å²) in [5.41, 5.74) is 2.41. The van der Waals surface area contributed by atoms with Gasteiger partial charge in [-0.05, 0) is 54.3 Å². The smallest absolute Gasteiger partial charge is 0.416 e. The molecule has 7 heteroatoms. The van der Waals surface area contributed by atoms with Crippen LogP contribution in [0, 0.1) is 11.3 Å². The molecule has 150 valence electrons. The highest BCUT2D eigenvalue weighted by molar-refractivity contribution is 5.96. The van der Waals surface area contributed by atoms with Gasteiger partial charge in [0.2, 0.25) is 0 Å². The van der Waals surface area contributed by atoms with E-state index in [1.165, 1.54) is 19.2 Å². The van der Waals surface area contributed by atoms with E-state index in [-0.39, 0.29) is 0 Å². The SMILES string of the molecule is COC(=O)c1ccc2c(c1)c(CCc1ccc(C(F)(F)F)cc1)cn2CCC#N. The highest BCUT2D eigenvalue weighted by Crippen LogP contribution is 2.30. The number of nitriles is 1. The number of ether oxygens (including phenoxy) is 1. The summed E-state index contributed by atoms with van der Waals surface area (Å²) >= 11 is 0. The van der Waals surface area contributed by atoms with Crippen LogP contribution in [0.25, 0.3) is 10.9 Å². The van der Waals surface area contributed by atoms with Crippen molar-refractivity contribution in [2.75, 3.05) is 7.11 Å². The number of carbonyl (C=O) groups excluding carboxylic acids is 1. The molecule has 3 aromatic rings. The molecule has 1 heterocycles. The lowest BCUT2D eigenvalue weighted by atomic mass is 10.0. The first-order valence-electron chi connectivity index (χ1n) is 9.06. The Balaban J connectivity index is 1.88. The first-order chi connectivity index (χ1) is 13.8. The van der Waals surface area contributed by atoms with Gasteiger partial charge in [0.15, 0.2) is 0 Å². The average Bonchev–Trinajstić information content (AvgIpc) is 3.06. The molecule has 0 saturated heterocycles. The van der Waals surface area contributed by atoms with Gasteiger partial charge >= 0.3 is 12.1 Å². The predicted molar refractivity (Wildman–Crippen MR) is 102 cm³/mol. The van der Waals surface area contributed by atoms with Gasteiger partial charge < -0.3 is 9.30 Å². The zero-order valence-electron chi connectivity index (χ0n) is 15.8. The fourth-order valence-corrected chi connectivity index (χ4v) is 3.31. The maximum absolute atomic E-state index is 12.7. The van der Waals surface area contributed by atoms with Crippen molar-refractivity contribution in [2.24, 2.45) is 0 Å². The van der Waals surface area contributed by atoms with Gasteiger partial charge in [-0.2, -0.15) is 18.4 Å². The molecule has 0 aliphatic carbocycles. The van der Waals surface area contributed by atoms with Crippen LogP contribution in [-0.4, -0.2) is 17.6 Å². The van der Waals surface area contributed by atoms with Crippen molar-refractivity contribution in [2.45, 2.75) is 32.0 Å². The van der Waals surface area contributed by atoms with Crippen molar-refractivity contribution in [1.29, 1.82) is 5.26 Å². The van der Waals surface area contributed by atoms with Crippen molar-refractivity contribution in [3.8, 4) is 6.07 Å². The van der Waals surface area contributed by atoms with Crippen LogP contribution in [0.4, 0.5) is 13.2 Å². The molecule has 0 radical (unpaired) electrons. The second-order valence-electron chi connectivity index (χ2n) is 6.67. The number of aromatic nitrogens is 1. The minimum absolute atomic E-state index is 0.348. The lowest BCUT2D eigenvalue weighted by Crippen LogP contribution is -2.04. The summed E-state index contributed by atoms with van der Waals surface area (Å²) in [5, 5.41) is 9.76. The molecule has 0 unspecified atom stereocenters. The van der Waals surface area contributed by atoms with Crippen molar-refractivity contribution < 1.29 is 22.7 Å². The number of rotatable bonds is 6. The van der Waals surface area contributed by atoms with E-state index in [1.54, 1.807) is 12.1 Å². The van der Waals surface area contributed by atoms with Crippen LogP contribution >= 0.6 is 0 Å². The largest absolute Gasteiger partial charge is 0.465 e. The number of halogens is 3. The van der Waals surface area contributed by atoms with E-state index in [9.17, 15) is 18.0 Å².